The number of rotatable bonds is 8. The maximum absolute atomic E-state index is 12.2. The van der Waals surface area contributed by atoms with Crippen LogP contribution >= 0.6 is 0 Å². The van der Waals surface area contributed by atoms with Crippen molar-refractivity contribution in [2.75, 3.05) is 19.7 Å². The van der Waals surface area contributed by atoms with Gasteiger partial charge in [-0.1, -0.05) is 24.3 Å². The van der Waals surface area contributed by atoms with Crippen molar-refractivity contribution in [3.8, 4) is 0 Å². The number of nitrogens with one attached hydrogen (secondary N) is 2. The molecule has 0 spiro atoms. The summed E-state index contributed by atoms with van der Waals surface area (Å²) in [6, 6.07) is 12.4. The first-order valence-corrected chi connectivity index (χ1v) is 11.0. The second-order valence-corrected chi connectivity index (χ2v) is 8.57. The first-order valence-electron chi connectivity index (χ1n) is 11.0. The molecule has 1 aliphatic carbocycles. The molecule has 0 amide bonds. The van der Waals surface area contributed by atoms with E-state index >= 15 is 0 Å². The maximum Gasteiger partial charge on any atom is 0.459 e. The molecule has 0 radical (unpaired) electrons. The molecule has 1 aromatic heterocycles. The Hall–Kier alpha value is -2.98. The highest BCUT2D eigenvalue weighted by Crippen LogP contribution is 2.47. The third-order valence-corrected chi connectivity index (χ3v) is 6.22. The molecular formula is C24H31N5O4. The van der Waals surface area contributed by atoms with Gasteiger partial charge >= 0.3 is 5.76 Å². The molecule has 0 saturated carbocycles. The molecule has 0 fully saturated rings. The fraction of sp³-hybridized carbons (Fsp3) is 0.417. The zero-order valence-electron chi connectivity index (χ0n) is 19.5. The molecule has 9 heteroatoms. The van der Waals surface area contributed by atoms with E-state index in [4.69, 9.17) is 19.9 Å². The Kier molecular flexibility index (Phi) is 6.66. The van der Waals surface area contributed by atoms with Gasteiger partial charge in [0.1, 0.15) is 0 Å². The normalized spacial score (nSPS) is 18.3. The van der Waals surface area contributed by atoms with Gasteiger partial charge in [-0.05, 0) is 66.1 Å². The molecule has 2 atom stereocenters. The van der Waals surface area contributed by atoms with Gasteiger partial charge in [0.25, 0.3) is 0 Å². The number of anilines is 1. The number of fused-ring (bicyclic) bond motifs is 2. The molecule has 3 aromatic rings. The molecular weight excluding hydrogens is 422 g/mol. The quantitative estimate of drug-likeness (QED) is 0.445. The van der Waals surface area contributed by atoms with Crippen molar-refractivity contribution in [3.63, 3.8) is 0 Å². The minimum Gasteiger partial charge on any atom is -0.328 e. The predicted molar refractivity (Wildman–Crippen MR) is 125 cm³/mol. The van der Waals surface area contributed by atoms with E-state index in [1.807, 2.05) is 13.0 Å². The van der Waals surface area contributed by atoms with Crippen molar-refractivity contribution >= 4 is 5.69 Å². The number of aryl methyl sites for hydroxylation is 3. The number of benzene rings is 2. The van der Waals surface area contributed by atoms with Gasteiger partial charge in [0.15, 0.2) is 5.82 Å². The molecule has 1 aliphatic rings. The molecule has 1 unspecified atom stereocenters. The van der Waals surface area contributed by atoms with Gasteiger partial charge in [0, 0.05) is 19.6 Å². The molecule has 1 heterocycles. The van der Waals surface area contributed by atoms with E-state index in [1.54, 1.807) is 21.3 Å². The van der Waals surface area contributed by atoms with Crippen molar-refractivity contribution in [1.29, 1.82) is 0 Å². The molecule has 0 aliphatic heterocycles. The lowest BCUT2D eigenvalue weighted by atomic mass is 9.68. The van der Waals surface area contributed by atoms with Crippen LogP contribution in [0.25, 0.3) is 0 Å². The van der Waals surface area contributed by atoms with Crippen LogP contribution in [0.3, 0.4) is 0 Å². The molecule has 33 heavy (non-hydrogen) atoms. The van der Waals surface area contributed by atoms with Crippen LogP contribution in [0.15, 0.2) is 45.7 Å². The number of hydrogen-bond acceptors (Lipinski definition) is 8. The minimum atomic E-state index is -0.755. The predicted octanol–water partition coefficient (Wildman–Crippen LogP) is 2.17. The Morgan fingerprint density at radius 2 is 1.85 bits per heavy atom. The van der Waals surface area contributed by atoms with Gasteiger partial charge in [-0.2, -0.15) is 15.2 Å². The summed E-state index contributed by atoms with van der Waals surface area (Å²) in [5.41, 5.74) is 17.9. The monoisotopic (exact) mass is 453 g/mol. The van der Waals surface area contributed by atoms with E-state index in [1.165, 1.54) is 10.3 Å². The number of aromatic nitrogens is 2. The van der Waals surface area contributed by atoms with Crippen molar-refractivity contribution in [2.24, 2.45) is 12.8 Å². The summed E-state index contributed by atoms with van der Waals surface area (Å²) in [7, 11) is 4.90. The molecule has 4 N–H and O–H groups in total. The zero-order valence-corrected chi connectivity index (χ0v) is 19.5. The molecule has 9 nitrogen and oxygen atoms in total. The molecule has 176 valence electrons. The summed E-state index contributed by atoms with van der Waals surface area (Å²) in [6.45, 7) is 2.56. The van der Waals surface area contributed by atoms with Crippen LogP contribution in [-0.4, -0.2) is 30.0 Å². The van der Waals surface area contributed by atoms with Gasteiger partial charge in [0.05, 0.1) is 25.3 Å². The Labute approximate surface area is 192 Å². The summed E-state index contributed by atoms with van der Waals surface area (Å²) in [5, 5.41) is 0. The highest BCUT2D eigenvalue weighted by molar-refractivity contribution is 5.59. The van der Waals surface area contributed by atoms with Crippen LogP contribution in [0, 0.1) is 0 Å². The Morgan fingerprint density at radius 3 is 2.45 bits per heavy atom. The third kappa shape index (κ3) is 4.32. The van der Waals surface area contributed by atoms with Gasteiger partial charge in [0.2, 0.25) is 0 Å². The summed E-state index contributed by atoms with van der Waals surface area (Å²) in [5.74, 6) is -0.0769. The van der Waals surface area contributed by atoms with Crippen LogP contribution in [-0.2, 0) is 41.5 Å². The first-order chi connectivity index (χ1) is 15.9. The lowest BCUT2D eigenvalue weighted by Crippen LogP contribution is -2.39. The largest absolute Gasteiger partial charge is 0.459 e. The Morgan fingerprint density at radius 1 is 1.15 bits per heavy atom. The average molecular weight is 454 g/mol. The Balaban J connectivity index is 2.02. The average Bonchev–Trinajstić information content (AvgIpc) is 3.06. The number of hydroxylamine groups is 1. The van der Waals surface area contributed by atoms with Crippen molar-refractivity contribution in [2.45, 2.75) is 44.2 Å². The van der Waals surface area contributed by atoms with Crippen molar-refractivity contribution in [1.82, 2.24) is 15.2 Å². The highest BCUT2D eigenvalue weighted by atomic mass is 16.6. The van der Waals surface area contributed by atoms with Crippen LogP contribution in [0.5, 0.6) is 0 Å². The smallest absolute Gasteiger partial charge is 0.328 e. The lowest BCUT2D eigenvalue weighted by Gasteiger charge is -2.36. The van der Waals surface area contributed by atoms with E-state index in [0.717, 1.165) is 40.8 Å². The van der Waals surface area contributed by atoms with Gasteiger partial charge in [-0.25, -0.2) is 4.79 Å². The molecule has 0 saturated heterocycles. The van der Waals surface area contributed by atoms with E-state index in [0.29, 0.717) is 18.8 Å². The summed E-state index contributed by atoms with van der Waals surface area (Å²) >= 11 is 0. The van der Waals surface area contributed by atoms with Crippen LogP contribution in [0.2, 0.25) is 0 Å². The van der Waals surface area contributed by atoms with Crippen molar-refractivity contribution in [3.05, 3.63) is 80.6 Å². The standard InChI is InChI=1S/C24H31N5O4/c1-15(25)13-24(22-27-23(30)33-29(22)2)20-9-5-16(14-26-31-3)11-17(20)6-7-18-12-19(28-32-4)8-10-21(18)24/h5,8-12,15,26,28H,6-7,13-14,25H2,1-4H3/t15-,24?/m0/s1. The summed E-state index contributed by atoms with van der Waals surface area (Å²) in [4.78, 5) is 26.7. The fourth-order valence-electron chi connectivity index (χ4n) is 5.09. The topological polar surface area (TPSA) is 117 Å². The van der Waals surface area contributed by atoms with E-state index in [2.05, 4.69) is 46.3 Å². The number of nitrogens with two attached hydrogens (primary N) is 1. The second kappa shape index (κ2) is 9.48. The van der Waals surface area contributed by atoms with Crippen LogP contribution in [0.4, 0.5) is 5.69 Å². The number of hydrogen-bond donors (Lipinski definition) is 3. The van der Waals surface area contributed by atoms with Crippen LogP contribution in [0.1, 0.15) is 47.0 Å². The second-order valence-electron chi connectivity index (χ2n) is 8.57. The number of nitrogens with zero attached hydrogens (tertiary/aromatic N) is 2. The fourth-order valence-corrected chi connectivity index (χ4v) is 5.09. The maximum atomic E-state index is 12.2. The molecule has 4 rings (SSSR count). The zero-order chi connectivity index (χ0) is 23.6. The lowest BCUT2D eigenvalue weighted by molar-refractivity contribution is 0.0867. The first kappa shape index (κ1) is 23.2. The summed E-state index contributed by atoms with van der Waals surface area (Å²) in [6.07, 6.45) is 2.20. The minimum absolute atomic E-state index is 0.165. The van der Waals surface area contributed by atoms with Gasteiger partial charge < -0.3 is 15.1 Å². The SMILES string of the molecule is CONCc1ccc2c(c1)CCc1cc(NOC)ccc1C2(C[C@H](C)N)c1nc(=O)on1C. The third-order valence-electron chi connectivity index (χ3n) is 6.22. The Bertz CT molecular complexity index is 1190. The van der Waals surface area contributed by atoms with E-state index in [9.17, 15) is 4.79 Å². The molecule has 2 aromatic carbocycles. The highest BCUT2D eigenvalue weighted by Gasteiger charge is 2.45. The van der Waals surface area contributed by atoms with Gasteiger partial charge in [-0.3, -0.25) is 10.3 Å². The van der Waals surface area contributed by atoms with Gasteiger partial charge in [-0.15, -0.1) is 0 Å². The van der Waals surface area contributed by atoms with E-state index in [-0.39, 0.29) is 6.04 Å². The molecule has 0 bridgehead atoms. The summed E-state index contributed by atoms with van der Waals surface area (Å²) < 4.78 is 6.81. The van der Waals surface area contributed by atoms with E-state index < -0.39 is 11.2 Å². The van der Waals surface area contributed by atoms with Crippen LogP contribution < -0.4 is 22.4 Å². The van der Waals surface area contributed by atoms with Crippen molar-refractivity contribution < 1.29 is 14.2 Å².